The highest BCUT2D eigenvalue weighted by molar-refractivity contribution is 5.67. The first-order chi connectivity index (χ1) is 12.2. The van der Waals surface area contributed by atoms with Gasteiger partial charge >= 0.3 is 0 Å². The van der Waals surface area contributed by atoms with E-state index in [1.54, 1.807) is 22.9 Å². The van der Waals surface area contributed by atoms with E-state index in [-0.39, 0.29) is 23.4 Å². The van der Waals surface area contributed by atoms with Crippen molar-refractivity contribution in [2.24, 2.45) is 0 Å². The van der Waals surface area contributed by atoms with Gasteiger partial charge in [-0.15, -0.1) is 5.10 Å². The Kier molecular flexibility index (Phi) is 3.81. The lowest BCUT2D eigenvalue weighted by Gasteiger charge is -2.06. The summed E-state index contributed by atoms with van der Waals surface area (Å²) in [5.41, 5.74) is 1.70. The molecule has 0 fully saturated rings. The Balaban J connectivity index is 1.70. The third-order valence-corrected chi connectivity index (χ3v) is 3.97. The SMILES string of the molecule is O=c1c2nnn(Cc3ccccc3)c2ncn1Cc1ccccc1F. The van der Waals surface area contributed by atoms with E-state index in [0.29, 0.717) is 17.8 Å². The van der Waals surface area contributed by atoms with Crippen molar-refractivity contribution >= 4 is 11.2 Å². The zero-order chi connectivity index (χ0) is 17.2. The second-order valence-corrected chi connectivity index (χ2v) is 5.67. The van der Waals surface area contributed by atoms with Crippen LogP contribution < -0.4 is 5.56 Å². The summed E-state index contributed by atoms with van der Waals surface area (Å²) in [5, 5.41) is 8.00. The highest BCUT2D eigenvalue weighted by Crippen LogP contribution is 2.10. The van der Waals surface area contributed by atoms with Gasteiger partial charge in [-0.25, -0.2) is 14.1 Å². The molecule has 0 bridgehead atoms. The summed E-state index contributed by atoms with van der Waals surface area (Å²) in [7, 11) is 0. The van der Waals surface area contributed by atoms with Crippen molar-refractivity contribution in [2.75, 3.05) is 0 Å². The largest absolute Gasteiger partial charge is 0.293 e. The van der Waals surface area contributed by atoms with Crippen LogP contribution in [0.25, 0.3) is 11.2 Å². The molecule has 0 amide bonds. The Morgan fingerprint density at radius 1 is 0.960 bits per heavy atom. The Labute approximate surface area is 142 Å². The Hall–Kier alpha value is -3.35. The fourth-order valence-corrected chi connectivity index (χ4v) is 2.67. The molecule has 6 nitrogen and oxygen atoms in total. The Morgan fingerprint density at radius 2 is 1.72 bits per heavy atom. The zero-order valence-corrected chi connectivity index (χ0v) is 13.2. The molecule has 0 unspecified atom stereocenters. The van der Waals surface area contributed by atoms with Crippen molar-refractivity contribution in [1.29, 1.82) is 0 Å². The number of rotatable bonds is 4. The molecule has 2 aromatic carbocycles. The molecule has 7 heteroatoms. The van der Waals surface area contributed by atoms with E-state index < -0.39 is 0 Å². The third-order valence-electron chi connectivity index (χ3n) is 3.97. The van der Waals surface area contributed by atoms with Gasteiger partial charge in [0.25, 0.3) is 5.56 Å². The maximum absolute atomic E-state index is 13.8. The van der Waals surface area contributed by atoms with Gasteiger partial charge in [0.05, 0.1) is 13.1 Å². The van der Waals surface area contributed by atoms with Crippen molar-refractivity contribution in [1.82, 2.24) is 24.5 Å². The van der Waals surface area contributed by atoms with Crippen molar-refractivity contribution in [3.63, 3.8) is 0 Å². The van der Waals surface area contributed by atoms with Gasteiger partial charge in [0.15, 0.2) is 11.2 Å². The first-order valence-corrected chi connectivity index (χ1v) is 7.78. The van der Waals surface area contributed by atoms with Gasteiger partial charge < -0.3 is 0 Å². The minimum atomic E-state index is -0.359. The van der Waals surface area contributed by atoms with E-state index >= 15 is 0 Å². The maximum Gasteiger partial charge on any atom is 0.283 e. The number of halogens is 1. The van der Waals surface area contributed by atoms with Crippen LogP contribution in [0.2, 0.25) is 0 Å². The topological polar surface area (TPSA) is 65.6 Å². The summed E-state index contributed by atoms with van der Waals surface area (Å²) < 4.78 is 16.7. The summed E-state index contributed by atoms with van der Waals surface area (Å²) in [6.07, 6.45) is 1.40. The number of aromatic nitrogens is 5. The lowest BCUT2D eigenvalue weighted by Crippen LogP contribution is -2.22. The fraction of sp³-hybridized carbons (Fsp3) is 0.111. The molecular formula is C18H14FN5O. The number of fused-ring (bicyclic) bond motifs is 1. The van der Waals surface area contributed by atoms with Gasteiger partial charge in [0.1, 0.15) is 12.1 Å². The summed E-state index contributed by atoms with van der Waals surface area (Å²) in [6.45, 7) is 0.571. The van der Waals surface area contributed by atoms with Crippen molar-refractivity contribution in [2.45, 2.75) is 13.1 Å². The summed E-state index contributed by atoms with van der Waals surface area (Å²) in [4.78, 5) is 16.9. The molecule has 0 atom stereocenters. The van der Waals surface area contributed by atoms with Gasteiger partial charge in [-0.3, -0.25) is 9.36 Å². The molecule has 2 heterocycles. The lowest BCUT2D eigenvalue weighted by atomic mass is 10.2. The average molecular weight is 335 g/mol. The van der Waals surface area contributed by atoms with Crippen molar-refractivity contribution < 1.29 is 4.39 Å². The normalized spacial score (nSPS) is 11.1. The monoisotopic (exact) mass is 335 g/mol. The fourth-order valence-electron chi connectivity index (χ4n) is 2.67. The van der Waals surface area contributed by atoms with E-state index in [9.17, 15) is 9.18 Å². The molecule has 25 heavy (non-hydrogen) atoms. The quantitative estimate of drug-likeness (QED) is 0.574. The highest BCUT2D eigenvalue weighted by Gasteiger charge is 2.13. The van der Waals surface area contributed by atoms with Gasteiger partial charge in [-0.1, -0.05) is 53.7 Å². The molecule has 0 N–H and O–H groups in total. The summed E-state index contributed by atoms with van der Waals surface area (Å²) in [5.74, 6) is -0.359. The van der Waals surface area contributed by atoms with Crippen LogP contribution in [0.1, 0.15) is 11.1 Å². The van der Waals surface area contributed by atoms with Crippen LogP contribution in [-0.4, -0.2) is 24.5 Å². The molecule has 0 aliphatic carbocycles. The molecule has 124 valence electrons. The van der Waals surface area contributed by atoms with Gasteiger partial charge in [0, 0.05) is 5.56 Å². The Bertz CT molecular complexity index is 1090. The smallest absolute Gasteiger partial charge is 0.283 e. The van der Waals surface area contributed by atoms with Crippen LogP contribution in [0.4, 0.5) is 4.39 Å². The number of benzene rings is 2. The van der Waals surface area contributed by atoms with Gasteiger partial charge in [-0.05, 0) is 11.6 Å². The van der Waals surface area contributed by atoms with Crippen LogP contribution in [0.3, 0.4) is 0 Å². The first kappa shape index (κ1) is 15.2. The second-order valence-electron chi connectivity index (χ2n) is 5.67. The van der Waals surface area contributed by atoms with Gasteiger partial charge in [-0.2, -0.15) is 0 Å². The number of hydrogen-bond donors (Lipinski definition) is 0. The van der Waals surface area contributed by atoms with E-state index in [1.807, 2.05) is 30.3 Å². The molecule has 0 aliphatic rings. The zero-order valence-electron chi connectivity index (χ0n) is 13.2. The molecule has 4 aromatic rings. The Morgan fingerprint density at radius 3 is 2.52 bits per heavy atom. The molecule has 0 spiro atoms. The second kappa shape index (κ2) is 6.27. The highest BCUT2D eigenvalue weighted by atomic mass is 19.1. The summed E-state index contributed by atoms with van der Waals surface area (Å²) in [6, 6.07) is 16.1. The van der Waals surface area contributed by atoms with Crippen LogP contribution in [0.5, 0.6) is 0 Å². The van der Waals surface area contributed by atoms with Crippen molar-refractivity contribution in [3.8, 4) is 0 Å². The van der Waals surface area contributed by atoms with E-state index in [2.05, 4.69) is 15.3 Å². The molecule has 2 aromatic heterocycles. The number of hydrogen-bond acceptors (Lipinski definition) is 4. The van der Waals surface area contributed by atoms with Crippen molar-refractivity contribution in [3.05, 3.63) is 88.2 Å². The minimum absolute atomic E-state index is 0.0972. The van der Waals surface area contributed by atoms with E-state index in [1.165, 1.54) is 17.0 Å². The van der Waals surface area contributed by atoms with Crippen LogP contribution >= 0.6 is 0 Å². The van der Waals surface area contributed by atoms with E-state index in [0.717, 1.165) is 5.56 Å². The molecular weight excluding hydrogens is 321 g/mol. The van der Waals surface area contributed by atoms with Crippen LogP contribution in [-0.2, 0) is 13.1 Å². The van der Waals surface area contributed by atoms with Crippen LogP contribution in [0.15, 0.2) is 65.7 Å². The third kappa shape index (κ3) is 2.91. The molecule has 0 saturated carbocycles. The van der Waals surface area contributed by atoms with Gasteiger partial charge in [0.2, 0.25) is 0 Å². The maximum atomic E-state index is 13.8. The van der Waals surface area contributed by atoms with E-state index in [4.69, 9.17) is 0 Å². The predicted octanol–water partition coefficient (Wildman–Crippen LogP) is 2.22. The molecule has 0 aliphatic heterocycles. The predicted molar refractivity (Wildman–Crippen MR) is 90.6 cm³/mol. The first-order valence-electron chi connectivity index (χ1n) is 7.78. The molecule has 0 radical (unpaired) electrons. The summed E-state index contributed by atoms with van der Waals surface area (Å²) >= 11 is 0. The minimum Gasteiger partial charge on any atom is -0.293 e. The van der Waals surface area contributed by atoms with Crippen LogP contribution in [0, 0.1) is 5.82 Å². The number of nitrogens with zero attached hydrogens (tertiary/aromatic N) is 5. The lowest BCUT2D eigenvalue weighted by molar-refractivity contribution is 0.595. The average Bonchev–Trinajstić information content (AvgIpc) is 3.04. The standard InChI is InChI=1S/C18H14FN5O/c19-15-9-5-4-8-14(15)11-23-12-20-17-16(18(23)25)21-22-24(17)10-13-6-2-1-3-7-13/h1-9,12H,10-11H2. The molecule has 4 rings (SSSR count). The molecule has 0 saturated heterocycles.